The van der Waals surface area contributed by atoms with Gasteiger partial charge in [0, 0.05) is 37.9 Å². The van der Waals surface area contributed by atoms with Gasteiger partial charge in [-0.1, -0.05) is 17.7 Å². The van der Waals surface area contributed by atoms with Crippen LogP contribution in [0, 0.1) is 5.82 Å². The number of benzene rings is 2. The maximum absolute atomic E-state index is 13.3. The number of carbonyl (C=O) groups is 1. The summed E-state index contributed by atoms with van der Waals surface area (Å²) < 4.78 is 24.3. The molecule has 0 saturated carbocycles. The Morgan fingerprint density at radius 3 is 2.32 bits per heavy atom. The number of amides is 1. The highest BCUT2D eigenvalue weighted by Crippen LogP contribution is 2.32. The van der Waals surface area contributed by atoms with Crippen molar-refractivity contribution in [2.45, 2.75) is 0 Å². The van der Waals surface area contributed by atoms with Crippen LogP contribution in [0.4, 0.5) is 21.5 Å². The SMILES string of the molecule is O=C(/C=C/c1ccc(F)c(Cl)c1)Nc1ccc(N2CCOCC2)cc1N1CCOCC1. The fourth-order valence-electron chi connectivity index (χ4n) is 3.67. The van der Waals surface area contributed by atoms with Crippen molar-refractivity contribution in [3.8, 4) is 0 Å². The lowest BCUT2D eigenvalue weighted by molar-refractivity contribution is -0.111. The standard InChI is InChI=1S/C23H25ClFN3O3/c24-19-15-17(1-4-20(19)25)2-6-23(29)26-21-5-3-18(27-7-11-30-12-8-27)16-22(21)28-9-13-31-14-10-28/h1-6,15-16H,7-14H2,(H,26,29)/b6-2+. The lowest BCUT2D eigenvalue weighted by Crippen LogP contribution is -2.38. The molecule has 2 aliphatic rings. The molecule has 0 aromatic heterocycles. The molecular weight excluding hydrogens is 421 g/mol. The Labute approximate surface area is 186 Å². The molecular formula is C23H25ClFN3O3. The van der Waals surface area contributed by atoms with E-state index in [1.165, 1.54) is 18.2 Å². The number of rotatable bonds is 5. The van der Waals surface area contributed by atoms with Crippen LogP contribution >= 0.6 is 11.6 Å². The van der Waals surface area contributed by atoms with Gasteiger partial charge in [-0.25, -0.2) is 4.39 Å². The van der Waals surface area contributed by atoms with Gasteiger partial charge in [0.2, 0.25) is 5.91 Å². The first kappa shape index (κ1) is 21.6. The highest BCUT2D eigenvalue weighted by molar-refractivity contribution is 6.30. The van der Waals surface area contributed by atoms with Crippen LogP contribution in [0.5, 0.6) is 0 Å². The number of halogens is 2. The van der Waals surface area contributed by atoms with Crippen molar-refractivity contribution < 1.29 is 18.7 Å². The second kappa shape index (κ2) is 10.1. The molecule has 0 spiro atoms. The molecule has 2 fully saturated rings. The van der Waals surface area contributed by atoms with E-state index in [0.717, 1.165) is 43.2 Å². The summed E-state index contributed by atoms with van der Waals surface area (Å²) in [5.74, 6) is -0.757. The summed E-state index contributed by atoms with van der Waals surface area (Å²) in [4.78, 5) is 17.1. The van der Waals surface area contributed by atoms with Gasteiger partial charge < -0.3 is 24.6 Å². The third-order valence-electron chi connectivity index (χ3n) is 5.34. The van der Waals surface area contributed by atoms with Crippen LogP contribution in [0.2, 0.25) is 5.02 Å². The van der Waals surface area contributed by atoms with E-state index in [0.29, 0.717) is 32.0 Å². The van der Waals surface area contributed by atoms with E-state index >= 15 is 0 Å². The molecule has 8 heteroatoms. The largest absolute Gasteiger partial charge is 0.378 e. The van der Waals surface area contributed by atoms with Crippen molar-refractivity contribution >= 4 is 40.6 Å². The molecule has 0 unspecified atom stereocenters. The molecule has 2 saturated heterocycles. The highest BCUT2D eigenvalue weighted by atomic mass is 35.5. The minimum atomic E-state index is -0.487. The van der Waals surface area contributed by atoms with Crippen LogP contribution in [-0.2, 0) is 14.3 Å². The first-order valence-electron chi connectivity index (χ1n) is 10.3. The Bertz CT molecular complexity index is 957. The normalized spacial score (nSPS) is 17.2. The molecule has 0 radical (unpaired) electrons. The van der Waals surface area contributed by atoms with E-state index in [1.54, 1.807) is 12.1 Å². The van der Waals surface area contributed by atoms with Gasteiger partial charge in [-0.2, -0.15) is 0 Å². The summed E-state index contributed by atoms with van der Waals surface area (Å²) in [6, 6.07) is 10.4. The zero-order valence-electron chi connectivity index (χ0n) is 17.2. The van der Waals surface area contributed by atoms with Crippen LogP contribution in [0.15, 0.2) is 42.5 Å². The van der Waals surface area contributed by atoms with Gasteiger partial charge in [-0.3, -0.25) is 4.79 Å². The maximum atomic E-state index is 13.3. The van der Waals surface area contributed by atoms with Crippen molar-refractivity contribution in [1.82, 2.24) is 0 Å². The van der Waals surface area contributed by atoms with Gasteiger partial charge >= 0.3 is 0 Å². The van der Waals surface area contributed by atoms with E-state index in [4.69, 9.17) is 21.1 Å². The third kappa shape index (κ3) is 5.55. The summed E-state index contributed by atoms with van der Waals surface area (Å²) in [6.45, 7) is 5.95. The van der Waals surface area contributed by atoms with Gasteiger partial charge in [0.1, 0.15) is 5.82 Å². The Kier molecular flexibility index (Phi) is 7.06. The Morgan fingerprint density at radius 1 is 0.968 bits per heavy atom. The third-order valence-corrected chi connectivity index (χ3v) is 5.63. The molecule has 2 heterocycles. The number of nitrogens with one attached hydrogen (secondary N) is 1. The fourth-order valence-corrected chi connectivity index (χ4v) is 3.86. The van der Waals surface area contributed by atoms with Gasteiger partial charge in [0.15, 0.2) is 0 Å². The minimum absolute atomic E-state index is 0.0239. The quantitative estimate of drug-likeness (QED) is 0.709. The minimum Gasteiger partial charge on any atom is -0.378 e. The predicted octanol–water partition coefficient (Wildman–Crippen LogP) is 3.80. The van der Waals surface area contributed by atoms with Crippen LogP contribution in [-0.4, -0.2) is 58.5 Å². The Morgan fingerprint density at radius 2 is 1.65 bits per heavy atom. The lowest BCUT2D eigenvalue weighted by atomic mass is 10.1. The highest BCUT2D eigenvalue weighted by Gasteiger charge is 2.19. The molecule has 164 valence electrons. The summed E-state index contributed by atoms with van der Waals surface area (Å²) in [6.07, 6.45) is 3.03. The number of morpholine rings is 2. The average Bonchev–Trinajstić information content (AvgIpc) is 2.81. The average molecular weight is 446 g/mol. The molecule has 0 aliphatic carbocycles. The zero-order valence-corrected chi connectivity index (χ0v) is 17.9. The van der Waals surface area contributed by atoms with Crippen LogP contribution < -0.4 is 15.1 Å². The van der Waals surface area contributed by atoms with E-state index < -0.39 is 5.82 Å². The monoisotopic (exact) mass is 445 g/mol. The second-order valence-corrected chi connectivity index (χ2v) is 7.80. The molecule has 1 N–H and O–H groups in total. The van der Waals surface area contributed by atoms with Crippen molar-refractivity contribution in [3.05, 3.63) is 58.9 Å². The first-order valence-corrected chi connectivity index (χ1v) is 10.7. The summed E-state index contributed by atoms with van der Waals surface area (Å²) >= 11 is 5.81. The van der Waals surface area contributed by atoms with E-state index in [2.05, 4.69) is 21.2 Å². The van der Waals surface area contributed by atoms with Crippen LogP contribution in [0.1, 0.15) is 5.56 Å². The first-order chi connectivity index (χ1) is 15.1. The van der Waals surface area contributed by atoms with Gasteiger partial charge in [0.25, 0.3) is 0 Å². The summed E-state index contributed by atoms with van der Waals surface area (Å²) in [7, 11) is 0. The van der Waals surface area contributed by atoms with Crippen molar-refractivity contribution in [3.63, 3.8) is 0 Å². The zero-order chi connectivity index (χ0) is 21.6. The molecule has 2 aromatic rings. The van der Waals surface area contributed by atoms with Crippen molar-refractivity contribution in [1.29, 1.82) is 0 Å². The smallest absolute Gasteiger partial charge is 0.248 e. The summed E-state index contributed by atoms with van der Waals surface area (Å²) in [5.41, 5.74) is 3.47. The maximum Gasteiger partial charge on any atom is 0.248 e. The number of hydrogen-bond donors (Lipinski definition) is 1. The van der Waals surface area contributed by atoms with Crippen LogP contribution in [0.3, 0.4) is 0 Å². The predicted molar refractivity (Wildman–Crippen MR) is 122 cm³/mol. The number of ether oxygens (including phenoxy) is 2. The molecule has 4 rings (SSSR count). The van der Waals surface area contributed by atoms with E-state index in [1.807, 2.05) is 12.1 Å². The molecule has 0 atom stereocenters. The Hall–Kier alpha value is -2.61. The van der Waals surface area contributed by atoms with Gasteiger partial charge in [-0.15, -0.1) is 0 Å². The summed E-state index contributed by atoms with van der Waals surface area (Å²) in [5, 5.41) is 3.00. The molecule has 2 aromatic carbocycles. The Balaban J connectivity index is 1.53. The number of anilines is 3. The lowest BCUT2D eigenvalue weighted by Gasteiger charge is -2.33. The molecule has 0 bridgehead atoms. The molecule has 2 aliphatic heterocycles. The van der Waals surface area contributed by atoms with E-state index in [-0.39, 0.29) is 10.9 Å². The van der Waals surface area contributed by atoms with Crippen molar-refractivity contribution in [2.75, 3.05) is 67.7 Å². The number of hydrogen-bond acceptors (Lipinski definition) is 5. The second-order valence-electron chi connectivity index (χ2n) is 7.40. The topological polar surface area (TPSA) is 54.0 Å². The van der Waals surface area contributed by atoms with Gasteiger partial charge in [0.05, 0.1) is 42.8 Å². The molecule has 31 heavy (non-hydrogen) atoms. The van der Waals surface area contributed by atoms with Crippen LogP contribution in [0.25, 0.3) is 6.08 Å². The van der Waals surface area contributed by atoms with Gasteiger partial charge in [-0.05, 0) is 42.0 Å². The molecule has 1 amide bonds. The number of carbonyl (C=O) groups excluding carboxylic acids is 1. The van der Waals surface area contributed by atoms with E-state index in [9.17, 15) is 9.18 Å². The molecule has 6 nitrogen and oxygen atoms in total. The fraction of sp³-hybridized carbons (Fsp3) is 0.348. The number of nitrogens with zero attached hydrogens (tertiary/aromatic N) is 2. The van der Waals surface area contributed by atoms with Crippen molar-refractivity contribution in [2.24, 2.45) is 0 Å².